The van der Waals surface area contributed by atoms with Crippen LogP contribution < -0.4 is 0 Å². The molecule has 0 bridgehead atoms. The predicted molar refractivity (Wildman–Crippen MR) is 68.0 cm³/mol. The van der Waals surface area contributed by atoms with Gasteiger partial charge >= 0.3 is 5.97 Å². The first kappa shape index (κ1) is 13.3. The topological polar surface area (TPSA) is 85.8 Å². The van der Waals surface area contributed by atoms with E-state index in [0.29, 0.717) is 12.2 Å². The third-order valence-corrected chi connectivity index (χ3v) is 3.03. The number of carboxylic acids is 1. The molecule has 0 saturated heterocycles. The minimum Gasteiger partial charge on any atom is -0.476 e. The van der Waals surface area contributed by atoms with E-state index in [1.165, 1.54) is 0 Å². The number of carboxylic acid groups (broad SMARTS) is 1. The molecule has 0 aliphatic carbocycles. The van der Waals surface area contributed by atoms with Crippen LogP contribution in [0.2, 0.25) is 0 Å². The van der Waals surface area contributed by atoms with E-state index in [1.54, 1.807) is 15.6 Å². The molecule has 7 nitrogen and oxygen atoms in total. The fourth-order valence-electron chi connectivity index (χ4n) is 2.08. The van der Waals surface area contributed by atoms with Gasteiger partial charge in [-0.05, 0) is 12.0 Å². The summed E-state index contributed by atoms with van der Waals surface area (Å²) in [4.78, 5) is 11.1. The zero-order valence-corrected chi connectivity index (χ0v) is 11.2. The highest BCUT2D eigenvalue weighted by Gasteiger charge is 2.21. The zero-order valence-electron chi connectivity index (χ0n) is 11.2. The number of aryl methyl sites for hydroxylation is 3. The van der Waals surface area contributed by atoms with Crippen molar-refractivity contribution in [2.24, 2.45) is 7.05 Å². The molecule has 0 saturated carbocycles. The van der Waals surface area contributed by atoms with Crippen molar-refractivity contribution in [2.75, 3.05) is 0 Å². The van der Waals surface area contributed by atoms with Gasteiger partial charge in [0.05, 0.1) is 5.69 Å². The van der Waals surface area contributed by atoms with Crippen molar-refractivity contribution in [3.05, 3.63) is 29.3 Å². The second-order valence-corrected chi connectivity index (χ2v) is 4.70. The van der Waals surface area contributed by atoms with E-state index < -0.39 is 5.97 Å². The molecule has 0 fully saturated rings. The van der Waals surface area contributed by atoms with Crippen LogP contribution in [0.5, 0.6) is 0 Å². The fraction of sp³-hybridized carbons (Fsp3) is 0.500. The smallest absolute Gasteiger partial charge is 0.358 e. The molecule has 1 N–H and O–H groups in total. The van der Waals surface area contributed by atoms with Crippen molar-refractivity contribution >= 4 is 5.97 Å². The minimum absolute atomic E-state index is 0.0417. The van der Waals surface area contributed by atoms with Crippen molar-refractivity contribution in [3.8, 4) is 0 Å². The molecule has 0 unspecified atom stereocenters. The average Bonchev–Trinajstić information content (AvgIpc) is 2.92. The Kier molecular flexibility index (Phi) is 3.64. The normalized spacial score (nSPS) is 11.2. The van der Waals surface area contributed by atoms with Gasteiger partial charge in [0.25, 0.3) is 0 Å². The summed E-state index contributed by atoms with van der Waals surface area (Å²) in [5.41, 5.74) is 1.77. The van der Waals surface area contributed by atoms with Crippen LogP contribution in [0.3, 0.4) is 0 Å². The van der Waals surface area contributed by atoms with Crippen LogP contribution in [-0.4, -0.2) is 35.9 Å². The Balaban J connectivity index is 2.21. The Morgan fingerprint density at radius 1 is 1.47 bits per heavy atom. The molecule has 0 radical (unpaired) electrons. The molecule has 0 amide bonds. The molecule has 2 aromatic heterocycles. The average molecular weight is 263 g/mol. The first-order valence-corrected chi connectivity index (χ1v) is 6.14. The second kappa shape index (κ2) is 5.21. The lowest BCUT2D eigenvalue weighted by Crippen LogP contribution is -2.12. The molecule has 2 aromatic rings. The number of rotatable bonds is 5. The molecule has 2 rings (SSSR count). The van der Waals surface area contributed by atoms with Gasteiger partial charge in [-0.25, -0.2) is 9.48 Å². The highest BCUT2D eigenvalue weighted by atomic mass is 16.4. The Morgan fingerprint density at radius 2 is 2.21 bits per heavy atom. The number of hydrogen-bond acceptors (Lipinski definition) is 4. The third kappa shape index (κ3) is 2.64. The molecule has 19 heavy (non-hydrogen) atoms. The molecule has 0 atom stereocenters. The van der Waals surface area contributed by atoms with E-state index >= 15 is 0 Å². The van der Waals surface area contributed by atoms with E-state index in [4.69, 9.17) is 5.11 Å². The summed E-state index contributed by atoms with van der Waals surface area (Å²) in [6.45, 7) is 4.46. The van der Waals surface area contributed by atoms with Crippen LogP contribution in [-0.2, 0) is 20.0 Å². The highest BCUT2D eigenvalue weighted by Crippen LogP contribution is 2.18. The summed E-state index contributed by atoms with van der Waals surface area (Å²) in [6.07, 6.45) is 2.47. The first-order chi connectivity index (χ1) is 9.00. The van der Waals surface area contributed by atoms with Crippen LogP contribution in [0, 0.1) is 0 Å². The van der Waals surface area contributed by atoms with Crippen LogP contribution in [0.25, 0.3) is 0 Å². The summed E-state index contributed by atoms with van der Waals surface area (Å²) in [5.74, 6) is -0.969. The van der Waals surface area contributed by atoms with Gasteiger partial charge < -0.3 is 5.11 Å². The zero-order chi connectivity index (χ0) is 14.0. The molecule has 0 aromatic carbocycles. The van der Waals surface area contributed by atoms with Crippen molar-refractivity contribution in [1.82, 2.24) is 24.8 Å². The van der Waals surface area contributed by atoms with Crippen molar-refractivity contribution < 1.29 is 9.90 Å². The van der Waals surface area contributed by atoms with Gasteiger partial charge in [-0.3, -0.25) is 4.68 Å². The molecule has 7 heteroatoms. The SMILES string of the molecule is CC(C)c1c(C(=O)O)nnn1CCc1ccnn1C. The Bertz CT molecular complexity index is 585. The summed E-state index contributed by atoms with van der Waals surface area (Å²) < 4.78 is 3.46. The number of aromatic carboxylic acids is 1. The highest BCUT2D eigenvalue weighted by molar-refractivity contribution is 5.86. The summed E-state index contributed by atoms with van der Waals surface area (Å²) >= 11 is 0. The molecular formula is C12H17N5O2. The van der Waals surface area contributed by atoms with Crippen LogP contribution in [0.1, 0.15) is 41.6 Å². The number of nitrogens with zero attached hydrogens (tertiary/aromatic N) is 5. The Labute approximate surface area is 110 Å². The lowest BCUT2D eigenvalue weighted by atomic mass is 10.1. The van der Waals surface area contributed by atoms with E-state index in [-0.39, 0.29) is 11.6 Å². The summed E-state index contributed by atoms with van der Waals surface area (Å²) in [6, 6.07) is 1.93. The fourth-order valence-corrected chi connectivity index (χ4v) is 2.08. The predicted octanol–water partition coefficient (Wildman–Crippen LogP) is 1.08. The Morgan fingerprint density at radius 3 is 2.74 bits per heavy atom. The maximum absolute atomic E-state index is 11.1. The summed E-state index contributed by atoms with van der Waals surface area (Å²) in [7, 11) is 1.88. The standard InChI is InChI=1S/C12H17N5O2/c1-8(2)11-10(12(18)19)14-15-17(11)7-5-9-4-6-13-16(9)3/h4,6,8H,5,7H2,1-3H3,(H,18,19). The molecule has 0 spiro atoms. The van der Waals surface area contributed by atoms with E-state index in [0.717, 1.165) is 12.1 Å². The summed E-state index contributed by atoms with van der Waals surface area (Å²) in [5, 5.41) is 20.9. The van der Waals surface area contributed by atoms with E-state index in [1.807, 2.05) is 27.0 Å². The number of hydrogen-bond donors (Lipinski definition) is 1. The molecule has 0 aliphatic heterocycles. The minimum atomic E-state index is -1.03. The van der Waals surface area contributed by atoms with Crippen molar-refractivity contribution in [2.45, 2.75) is 32.7 Å². The quantitative estimate of drug-likeness (QED) is 0.872. The van der Waals surface area contributed by atoms with Crippen LogP contribution in [0.4, 0.5) is 0 Å². The monoisotopic (exact) mass is 263 g/mol. The van der Waals surface area contributed by atoms with Gasteiger partial charge in [-0.2, -0.15) is 5.10 Å². The van der Waals surface area contributed by atoms with Crippen molar-refractivity contribution in [1.29, 1.82) is 0 Å². The molecule has 102 valence electrons. The molecule has 0 aliphatic rings. The van der Waals surface area contributed by atoms with Gasteiger partial charge in [0.2, 0.25) is 0 Å². The second-order valence-electron chi connectivity index (χ2n) is 4.70. The van der Waals surface area contributed by atoms with Crippen LogP contribution in [0.15, 0.2) is 12.3 Å². The molecular weight excluding hydrogens is 246 g/mol. The maximum Gasteiger partial charge on any atom is 0.358 e. The lowest BCUT2D eigenvalue weighted by molar-refractivity contribution is 0.0688. The molecule has 2 heterocycles. The van der Waals surface area contributed by atoms with E-state index in [2.05, 4.69) is 15.4 Å². The van der Waals surface area contributed by atoms with Gasteiger partial charge in [0.1, 0.15) is 0 Å². The van der Waals surface area contributed by atoms with Gasteiger partial charge in [0, 0.05) is 31.9 Å². The van der Waals surface area contributed by atoms with Gasteiger partial charge in [0.15, 0.2) is 5.69 Å². The van der Waals surface area contributed by atoms with Crippen molar-refractivity contribution in [3.63, 3.8) is 0 Å². The van der Waals surface area contributed by atoms with Gasteiger partial charge in [-0.15, -0.1) is 5.10 Å². The lowest BCUT2D eigenvalue weighted by Gasteiger charge is -2.09. The van der Waals surface area contributed by atoms with Crippen LogP contribution >= 0.6 is 0 Å². The number of aromatic nitrogens is 5. The third-order valence-electron chi connectivity index (χ3n) is 3.03. The van der Waals surface area contributed by atoms with Gasteiger partial charge in [-0.1, -0.05) is 19.1 Å². The maximum atomic E-state index is 11.1. The van der Waals surface area contributed by atoms with E-state index in [9.17, 15) is 4.79 Å². The first-order valence-electron chi connectivity index (χ1n) is 6.14. The Hall–Kier alpha value is -2.18. The largest absolute Gasteiger partial charge is 0.476 e. The number of carbonyl (C=O) groups is 1.